The molecule has 132 valence electrons. The number of nitrogen functional groups attached to an aromatic ring is 1. The second-order valence-corrected chi connectivity index (χ2v) is 5.56. The summed E-state index contributed by atoms with van der Waals surface area (Å²) < 4.78 is 0. The summed E-state index contributed by atoms with van der Waals surface area (Å²) in [6.07, 6.45) is 0. The zero-order valence-electron chi connectivity index (χ0n) is 13.5. The zero-order valence-corrected chi connectivity index (χ0v) is 14.2. The predicted molar refractivity (Wildman–Crippen MR) is 97.4 cm³/mol. The highest BCUT2D eigenvalue weighted by molar-refractivity contribution is 6.30. The Hall–Kier alpha value is -2.91. The lowest BCUT2D eigenvalue weighted by Gasteiger charge is -2.20. The highest BCUT2D eigenvalue weighted by atomic mass is 35.5. The Labute approximate surface area is 149 Å². The van der Waals surface area contributed by atoms with Crippen LogP contribution in [0.2, 0.25) is 5.02 Å². The van der Waals surface area contributed by atoms with E-state index in [1.54, 1.807) is 36.2 Å². The molecule has 0 aliphatic carbocycles. The van der Waals surface area contributed by atoms with Crippen LogP contribution in [-0.4, -0.2) is 47.1 Å². The highest BCUT2D eigenvalue weighted by Gasteiger charge is 2.20. The number of likely N-dealkylation sites (N-methyl/N-ethyl adjacent to an activating group) is 1. The van der Waals surface area contributed by atoms with Crippen LogP contribution >= 0.6 is 11.6 Å². The van der Waals surface area contributed by atoms with Crippen molar-refractivity contribution < 1.29 is 9.90 Å². The average molecular weight is 364 g/mol. The lowest BCUT2D eigenvalue weighted by molar-refractivity contribution is 0.0998. The lowest BCUT2D eigenvalue weighted by atomic mass is 10.1. The van der Waals surface area contributed by atoms with Gasteiger partial charge in [-0.2, -0.15) is 4.99 Å². The van der Waals surface area contributed by atoms with Crippen LogP contribution in [0.5, 0.6) is 0 Å². The number of hydrogen-bond acceptors (Lipinski definition) is 6. The molecule has 1 aromatic carbocycles. The molecule has 1 aromatic heterocycles. The summed E-state index contributed by atoms with van der Waals surface area (Å²) in [5.74, 6) is -0.917. The number of aromatic nitrogens is 2. The molecule has 0 atom stereocenters. The molecule has 0 aliphatic rings. The number of nitrogens with two attached hydrogens (primary N) is 3. The van der Waals surface area contributed by atoms with Gasteiger partial charge in [-0.15, -0.1) is 0 Å². The number of anilines is 2. The molecule has 2 aromatic rings. The van der Waals surface area contributed by atoms with Crippen molar-refractivity contribution in [1.29, 1.82) is 0 Å². The van der Waals surface area contributed by atoms with E-state index in [0.717, 1.165) is 0 Å². The summed E-state index contributed by atoms with van der Waals surface area (Å²) >= 11 is 5.92. The van der Waals surface area contributed by atoms with Gasteiger partial charge < -0.3 is 27.2 Å². The first-order valence-corrected chi connectivity index (χ1v) is 7.60. The van der Waals surface area contributed by atoms with Crippen LogP contribution < -0.4 is 22.1 Å². The number of rotatable bonds is 5. The van der Waals surface area contributed by atoms with Crippen molar-refractivity contribution in [3.05, 3.63) is 35.0 Å². The van der Waals surface area contributed by atoms with Crippen LogP contribution in [0.3, 0.4) is 0 Å². The number of guanidine groups is 1. The molecule has 0 bridgehead atoms. The van der Waals surface area contributed by atoms with Crippen molar-refractivity contribution >= 4 is 35.1 Å². The average Bonchev–Trinajstić information content (AvgIpc) is 2.55. The minimum atomic E-state index is -0.795. The Kier molecular flexibility index (Phi) is 5.73. The maximum absolute atomic E-state index is 12.1. The number of carbonyl (C=O) groups is 1. The Morgan fingerprint density at radius 3 is 2.48 bits per heavy atom. The maximum atomic E-state index is 12.1. The van der Waals surface area contributed by atoms with Crippen molar-refractivity contribution in [2.24, 2.45) is 16.5 Å². The molecule has 25 heavy (non-hydrogen) atoms. The summed E-state index contributed by atoms with van der Waals surface area (Å²) in [6, 6.07) is 6.83. The molecule has 0 spiro atoms. The van der Waals surface area contributed by atoms with Crippen LogP contribution in [0.15, 0.2) is 29.3 Å². The van der Waals surface area contributed by atoms with Crippen LogP contribution in [0.25, 0.3) is 11.3 Å². The van der Waals surface area contributed by atoms with Gasteiger partial charge in [0.2, 0.25) is 0 Å². The van der Waals surface area contributed by atoms with Crippen LogP contribution in [0.1, 0.15) is 10.5 Å². The number of amides is 1. The van der Waals surface area contributed by atoms with E-state index in [2.05, 4.69) is 15.0 Å². The van der Waals surface area contributed by atoms with Gasteiger partial charge in [-0.1, -0.05) is 23.7 Å². The second-order valence-electron chi connectivity index (χ2n) is 5.12. The van der Waals surface area contributed by atoms with Crippen molar-refractivity contribution in [2.75, 3.05) is 30.8 Å². The van der Waals surface area contributed by atoms with Gasteiger partial charge in [-0.05, 0) is 12.1 Å². The standard InChI is InChI=1S/C15H18ClN7O2/c1-23(6-7-24)13-10(8-2-4-9(16)5-3-8)20-11(12(17)21-13)14(25)22-15(18)19/h2-5,24H,6-7H2,1H3,(H2,17,21)(H4,18,19,22,25). The minimum absolute atomic E-state index is 0.0905. The van der Waals surface area contributed by atoms with Gasteiger partial charge in [0.25, 0.3) is 0 Å². The molecule has 2 rings (SSSR count). The summed E-state index contributed by atoms with van der Waals surface area (Å²) in [6.45, 7) is 0.211. The number of aliphatic hydroxyl groups excluding tert-OH is 1. The second kappa shape index (κ2) is 7.77. The van der Waals surface area contributed by atoms with E-state index in [0.29, 0.717) is 28.6 Å². The third kappa shape index (κ3) is 4.34. The molecule has 0 saturated carbocycles. The number of carbonyl (C=O) groups excluding carboxylic acids is 1. The lowest BCUT2D eigenvalue weighted by Crippen LogP contribution is -2.26. The summed E-state index contributed by atoms with van der Waals surface area (Å²) in [5.41, 5.74) is 17.2. The Morgan fingerprint density at radius 1 is 1.28 bits per heavy atom. The predicted octanol–water partition coefficient (Wildman–Crippen LogP) is 0.221. The molecule has 9 nitrogen and oxygen atoms in total. The third-order valence-electron chi connectivity index (χ3n) is 3.25. The normalized spacial score (nSPS) is 10.4. The fourth-order valence-corrected chi connectivity index (χ4v) is 2.22. The van der Waals surface area contributed by atoms with Gasteiger partial charge in [-0.25, -0.2) is 9.97 Å². The fourth-order valence-electron chi connectivity index (χ4n) is 2.09. The van der Waals surface area contributed by atoms with E-state index in [1.807, 2.05) is 0 Å². The fraction of sp³-hybridized carbons (Fsp3) is 0.200. The van der Waals surface area contributed by atoms with Crippen molar-refractivity contribution in [2.45, 2.75) is 0 Å². The van der Waals surface area contributed by atoms with Gasteiger partial charge in [0.1, 0.15) is 5.69 Å². The van der Waals surface area contributed by atoms with Crippen LogP contribution in [0.4, 0.5) is 11.6 Å². The quantitative estimate of drug-likeness (QED) is 0.434. The molecule has 1 heterocycles. The SMILES string of the molecule is CN(CCO)c1nc(N)c(C(=O)N=C(N)N)nc1-c1ccc(Cl)cc1. The van der Waals surface area contributed by atoms with Gasteiger partial charge in [0.15, 0.2) is 23.3 Å². The highest BCUT2D eigenvalue weighted by Crippen LogP contribution is 2.30. The van der Waals surface area contributed by atoms with E-state index in [9.17, 15) is 4.79 Å². The molecular formula is C15H18ClN7O2. The van der Waals surface area contributed by atoms with Crippen LogP contribution in [-0.2, 0) is 0 Å². The van der Waals surface area contributed by atoms with E-state index in [-0.39, 0.29) is 18.1 Å². The van der Waals surface area contributed by atoms with E-state index < -0.39 is 11.9 Å². The molecule has 1 amide bonds. The summed E-state index contributed by atoms with van der Waals surface area (Å²) in [7, 11) is 1.72. The number of benzene rings is 1. The Morgan fingerprint density at radius 2 is 1.92 bits per heavy atom. The summed E-state index contributed by atoms with van der Waals surface area (Å²) in [5, 5.41) is 9.72. The number of hydrogen-bond donors (Lipinski definition) is 4. The first-order valence-electron chi connectivity index (χ1n) is 7.23. The van der Waals surface area contributed by atoms with Crippen LogP contribution in [0, 0.1) is 0 Å². The summed E-state index contributed by atoms with van der Waals surface area (Å²) in [4.78, 5) is 25.8. The Balaban J connectivity index is 2.64. The first-order chi connectivity index (χ1) is 11.8. The van der Waals surface area contributed by atoms with E-state index in [4.69, 9.17) is 33.9 Å². The smallest absolute Gasteiger partial charge is 0.302 e. The van der Waals surface area contributed by atoms with Gasteiger partial charge in [-0.3, -0.25) is 4.79 Å². The van der Waals surface area contributed by atoms with Crippen molar-refractivity contribution in [3.63, 3.8) is 0 Å². The number of nitrogens with zero attached hydrogens (tertiary/aromatic N) is 4. The van der Waals surface area contributed by atoms with E-state index >= 15 is 0 Å². The molecule has 0 fully saturated rings. The van der Waals surface area contributed by atoms with E-state index in [1.165, 1.54) is 0 Å². The largest absolute Gasteiger partial charge is 0.395 e. The molecule has 0 radical (unpaired) electrons. The third-order valence-corrected chi connectivity index (χ3v) is 3.50. The molecule has 7 N–H and O–H groups in total. The molecular weight excluding hydrogens is 346 g/mol. The first kappa shape index (κ1) is 18.4. The monoisotopic (exact) mass is 363 g/mol. The molecule has 10 heteroatoms. The van der Waals surface area contributed by atoms with Gasteiger partial charge in [0, 0.05) is 24.2 Å². The van der Waals surface area contributed by atoms with Crippen molar-refractivity contribution in [1.82, 2.24) is 9.97 Å². The topological polar surface area (TPSA) is 157 Å². The molecule has 0 unspecified atom stereocenters. The number of halogens is 1. The van der Waals surface area contributed by atoms with Gasteiger partial charge in [0.05, 0.1) is 6.61 Å². The zero-order chi connectivity index (χ0) is 18.6. The Bertz CT molecular complexity index is 804. The number of aliphatic imine (C=N–C) groups is 1. The maximum Gasteiger partial charge on any atom is 0.302 e. The molecule has 0 aliphatic heterocycles. The minimum Gasteiger partial charge on any atom is -0.395 e. The van der Waals surface area contributed by atoms with Gasteiger partial charge >= 0.3 is 5.91 Å². The van der Waals surface area contributed by atoms with Crippen molar-refractivity contribution in [3.8, 4) is 11.3 Å². The number of aliphatic hydroxyl groups is 1. The molecule has 0 saturated heterocycles.